The smallest absolute Gasteiger partial charge is 0.251 e. The number of aliphatic hydroxyl groups is 1. The predicted molar refractivity (Wildman–Crippen MR) is 103 cm³/mol. The number of H-pyrrole nitrogens is 1. The van der Waals surface area contributed by atoms with Crippen LogP contribution >= 0.6 is 11.8 Å². The van der Waals surface area contributed by atoms with Gasteiger partial charge in [0.2, 0.25) is 5.91 Å². The van der Waals surface area contributed by atoms with E-state index in [0.29, 0.717) is 32.4 Å². The number of thioether (sulfide) groups is 1. The van der Waals surface area contributed by atoms with Gasteiger partial charge < -0.3 is 19.9 Å². The molecule has 1 aromatic heterocycles. The number of piperidine rings is 1. The second kappa shape index (κ2) is 7.47. The quantitative estimate of drug-likeness (QED) is 0.784. The van der Waals surface area contributed by atoms with E-state index in [2.05, 4.69) is 14.9 Å². The third-order valence-corrected chi connectivity index (χ3v) is 6.88. The zero-order valence-electron chi connectivity index (χ0n) is 15.8. The van der Waals surface area contributed by atoms with Crippen LogP contribution in [0.2, 0.25) is 0 Å². The Hall–Kier alpha value is -1.54. The average Bonchev–Trinajstić information content (AvgIpc) is 3.43. The van der Waals surface area contributed by atoms with Crippen LogP contribution in [-0.2, 0) is 21.5 Å². The Kier molecular flexibility index (Phi) is 5.20. The van der Waals surface area contributed by atoms with E-state index in [4.69, 9.17) is 0 Å². The molecule has 3 aliphatic rings. The van der Waals surface area contributed by atoms with Crippen LogP contribution in [0.1, 0.15) is 43.5 Å². The van der Waals surface area contributed by atoms with Crippen LogP contribution in [0.4, 0.5) is 0 Å². The standard InChI is InChI=1S/C19H28N4O3S/c1-27-11-5-15(24)18(26)22-9-6-19(7-10-22)16-14(20-12-21-16)4-8-23(19)17(25)13-2-3-13/h12-13,15,24H,2-11H2,1H3,(H,20,21). The molecule has 8 heteroatoms. The zero-order chi connectivity index (χ0) is 19.0. The largest absolute Gasteiger partial charge is 0.383 e. The first-order valence-electron chi connectivity index (χ1n) is 9.87. The summed E-state index contributed by atoms with van der Waals surface area (Å²) in [6, 6.07) is 0. The molecule has 2 amide bonds. The van der Waals surface area contributed by atoms with Crippen molar-refractivity contribution in [2.45, 2.75) is 50.2 Å². The third kappa shape index (κ3) is 3.38. The van der Waals surface area contributed by atoms with Gasteiger partial charge in [-0.3, -0.25) is 9.59 Å². The lowest BCUT2D eigenvalue weighted by Crippen LogP contribution is -2.59. The highest BCUT2D eigenvalue weighted by Gasteiger charge is 2.51. The van der Waals surface area contributed by atoms with Crippen LogP contribution in [-0.4, -0.2) is 74.4 Å². The van der Waals surface area contributed by atoms with E-state index in [1.807, 2.05) is 6.26 Å². The van der Waals surface area contributed by atoms with Gasteiger partial charge in [0.05, 0.1) is 17.6 Å². The van der Waals surface area contributed by atoms with Crippen molar-refractivity contribution in [1.29, 1.82) is 0 Å². The summed E-state index contributed by atoms with van der Waals surface area (Å²) in [5.74, 6) is 1.01. The minimum absolute atomic E-state index is 0.176. The lowest BCUT2D eigenvalue weighted by Gasteiger charge is -2.50. The van der Waals surface area contributed by atoms with E-state index >= 15 is 0 Å². The molecule has 3 heterocycles. The number of carbonyl (C=O) groups is 2. The van der Waals surface area contributed by atoms with Gasteiger partial charge in [0, 0.05) is 37.7 Å². The Morgan fingerprint density at radius 2 is 2.11 bits per heavy atom. The predicted octanol–water partition coefficient (Wildman–Crippen LogP) is 1.14. The highest BCUT2D eigenvalue weighted by atomic mass is 32.2. The molecule has 0 radical (unpaired) electrons. The molecule has 4 rings (SSSR count). The van der Waals surface area contributed by atoms with E-state index in [0.717, 1.165) is 42.9 Å². The van der Waals surface area contributed by atoms with Crippen LogP contribution in [0.5, 0.6) is 0 Å². The number of aliphatic hydroxyl groups excluding tert-OH is 1. The first kappa shape index (κ1) is 18.8. The molecule has 0 aromatic carbocycles. The first-order chi connectivity index (χ1) is 13.1. The number of nitrogens with one attached hydrogen (secondary N) is 1. The minimum atomic E-state index is -0.928. The van der Waals surface area contributed by atoms with Gasteiger partial charge in [0.15, 0.2) is 0 Å². The van der Waals surface area contributed by atoms with E-state index in [-0.39, 0.29) is 17.7 Å². The van der Waals surface area contributed by atoms with Gasteiger partial charge in [-0.2, -0.15) is 11.8 Å². The van der Waals surface area contributed by atoms with E-state index < -0.39 is 11.6 Å². The molecule has 2 fully saturated rings. The van der Waals surface area contributed by atoms with Gasteiger partial charge >= 0.3 is 0 Å². The Labute approximate surface area is 163 Å². The number of amides is 2. The van der Waals surface area contributed by atoms with Crippen LogP contribution < -0.4 is 0 Å². The normalized spacial score (nSPS) is 22.6. The second-order valence-electron chi connectivity index (χ2n) is 7.90. The zero-order valence-corrected chi connectivity index (χ0v) is 16.6. The van der Waals surface area contributed by atoms with Crippen molar-refractivity contribution in [3.8, 4) is 0 Å². The molecule has 2 N–H and O–H groups in total. The fraction of sp³-hybridized carbons (Fsp3) is 0.737. The summed E-state index contributed by atoms with van der Waals surface area (Å²) in [7, 11) is 0. The van der Waals surface area contributed by atoms with Gasteiger partial charge in [0.1, 0.15) is 6.10 Å². The molecular weight excluding hydrogens is 364 g/mol. The Morgan fingerprint density at radius 3 is 2.78 bits per heavy atom. The SMILES string of the molecule is CSCCC(O)C(=O)N1CCC2(CC1)c1nc[nH]c1CCN2C(=O)C1CC1. The number of aromatic nitrogens is 2. The molecule has 1 atom stereocenters. The maximum atomic E-state index is 13.0. The van der Waals surface area contributed by atoms with Crippen molar-refractivity contribution < 1.29 is 14.7 Å². The van der Waals surface area contributed by atoms with E-state index in [1.54, 1.807) is 23.0 Å². The van der Waals surface area contributed by atoms with Crippen LogP contribution in [0.15, 0.2) is 6.33 Å². The van der Waals surface area contributed by atoms with Gasteiger partial charge in [-0.1, -0.05) is 0 Å². The maximum Gasteiger partial charge on any atom is 0.251 e. The van der Waals surface area contributed by atoms with Crippen molar-refractivity contribution in [2.24, 2.45) is 5.92 Å². The van der Waals surface area contributed by atoms with Crippen LogP contribution in [0, 0.1) is 5.92 Å². The van der Waals surface area contributed by atoms with E-state index in [1.165, 1.54) is 0 Å². The molecular formula is C19H28N4O3S. The van der Waals surface area contributed by atoms with Crippen molar-refractivity contribution in [3.05, 3.63) is 17.7 Å². The van der Waals surface area contributed by atoms with Crippen molar-refractivity contribution in [3.63, 3.8) is 0 Å². The molecule has 1 spiro atoms. The fourth-order valence-electron chi connectivity index (χ4n) is 4.52. The molecule has 0 bridgehead atoms. The Bertz CT molecular complexity index is 710. The molecule has 1 saturated carbocycles. The number of hydrogen-bond acceptors (Lipinski definition) is 5. The molecule has 7 nitrogen and oxygen atoms in total. The highest BCUT2D eigenvalue weighted by Crippen LogP contribution is 2.45. The lowest BCUT2D eigenvalue weighted by atomic mass is 9.78. The molecule has 148 valence electrons. The molecule has 1 aromatic rings. The summed E-state index contributed by atoms with van der Waals surface area (Å²) in [6.07, 6.45) is 7.41. The second-order valence-corrected chi connectivity index (χ2v) is 8.88. The van der Waals surface area contributed by atoms with Crippen molar-refractivity contribution in [2.75, 3.05) is 31.6 Å². The third-order valence-electron chi connectivity index (χ3n) is 6.24. The summed E-state index contributed by atoms with van der Waals surface area (Å²) in [6.45, 7) is 1.82. The molecule has 27 heavy (non-hydrogen) atoms. The molecule has 1 unspecified atom stereocenters. The number of likely N-dealkylation sites (tertiary alicyclic amines) is 1. The van der Waals surface area contributed by atoms with Crippen LogP contribution in [0.25, 0.3) is 0 Å². The average molecular weight is 393 g/mol. The highest BCUT2D eigenvalue weighted by molar-refractivity contribution is 7.98. The summed E-state index contributed by atoms with van der Waals surface area (Å²) in [5, 5.41) is 10.2. The monoisotopic (exact) mass is 392 g/mol. The minimum Gasteiger partial charge on any atom is -0.383 e. The number of hydrogen-bond donors (Lipinski definition) is 2. The molecule has 1 aliphatic carbocycles. The van der Waals surface area contributed by atoms with E-state index in [9.17, 15) is 14.7 Å². The summed E-state index contributed by atoms with van der Waals surface area (Å²) < 4.78 is 0. The van der Waals surface area contributed by atoms with Crippen molar-refractivity contribution >= 4 is 23.6 Å². The molecule has 1 saturated heterocycles. The van der Waals surface area contributed by atoms with Gasteiger partial charge in [0.25, 0.3) is 5.91 Å². The Balaban J connectivity index is 1.52. The van der Waals surface area contributed by atoms with Gasteiger partial charge in [-0.15, -0.1) is 0 Å². The van der Waals surface area contributed by atoms with Gasteiger partial charge in [-0.05, 0) is 44.1 Å². The summed E-state index contributed by atoms with van der Waals surface area (Å²) >= 11 is 1.63. The number of fused-ring (bicyclic) bond motifs is 2. The number of nitrogens with zero attached hydrogens (tertiary/aromatic N) is 3. The number of imidazole rings is 1. The Morgan fingerprint density at radius 1 is 1.37 bits per heavy atom. The van der Waals surface area contributed by atoms with Crippen LogP contribution in [0.3, 0.4) is 0 Å². The fourth-order valence-corrected chi connectivity index (χ4v) is 4.98. The number of rotatable bonds is 5. The number of carbonyl (C=O) groups excluding carboxylic acids is 2. The van der Waals surface area contributed by atoms with Crippen molar-refractivity contribution in [1.82, 2.24) is 19.8 Å². The maximum absolute atomic E-state index is 13.0. The topological polar surface area (TPSA) is 89.5 Å². The summed E-state index contributed by atoms with van der Waals surface area (Å²) in [5.41, 5.74) is 1.70. The first-order valence-corrected chi connectivity index (χ1v) is 11.3. The van der Waals surface area contributed by atoms with Gasteiger partial charge in [-0.25, -0.2) is 4.98 Å². The number of aromatic amines is 1. The summed E-state index contributed by atoms with van der Waals surface area (Å²) in [4.78, 5) is 37.2. The lowest BCUT2D eigenvalue weighted by molar-refractivity contribution is -0.148. The molecule has 2 aliphatic heterocycles.